The number of hydrogen-bond acceptors (Lipinski definition) is 2. The van der Waals surface area contributed by atoms with E-state index in [4.69, 9.17) is 23.2 Å². The van der Waals surface area contributed by atoms with Crippen molar-refractivity contribution >= 4 is 29.1 Å². The molecule has 0 unspecified atom stereocenters. The van der Waals surface area contributed by atoms with Crippen molar-refractivity contribution in [3.8, 4) is 0 Å². The highest BCUT2D eigenvalue weighted by molar-refractivity contribution is 6.35. The zero-order valence-corrected chi connectivity index (χ0v) is 11.4. The number of nitrogens with zero attached hydrogens (tertiary/aromatic N) is 2. The average molecular weight is 291 g/mol. The van der Waals surface area contributed by atoms with Gasteiger partial charge in [-0.05, 0) is 19.2 Å². The van der Waals surface area contributed by atoms with Gasteiger partial charge in [-0.1, -0.05) is 23.2 Å². The van der Waals surface area contributed by atoms with Crippen LogP contribution in [-0.2, 0) is 0 Å². The molecule has 1 aromatic carbocycles. The fourth-order valence-corrected chi connectivity index (χ4v) is 2.38. The zero-order valence-electron chi connectivity index (χ0n) is 9.92. The number of carbonyl (C=O) groups is 1. The minimum absolute atomic E-state index is 0.0583. The van der Waals surface area contributed by atoms with E-state index in [-0.39, 0.29) is 21.5 Å². The van der Waals surface area contributed by atoms with Crippen molar-refractivity contribution in [3.63, 3.8) is 0 Å². The highest BCUT2D eigenvalue weighted by atomic mass is 35.5. The molecule has 3 nitrogen and oxygen atoms in total. The highest BCUT2D eigenvalue weighted by Crippen LogP contribution is 2.25. The number of rotatable bonds is 1. The first-order valence-corrected chi connectivity index (χ1v) is 6.37. The fraction of sp³-hybridized carbons (Fsp3) is 0.417. The lowest BCUT2D eigenvalue weighted by atomic mass is 10.1. The van der Waals surface area contributed by atoms with E-state index >= 15 is 0 Å². The largest absolute Gasteiger partial charge is 0.336 e. The van der Waals surface area contributed by atoms with Gasteiger partial charge in [-0.25, -0.2) is 4.39 Å². The van der Waals surface area contributed by atoms with Crippen molar-refractivity contribution in [3.05, 3.63) is 33.6 Å². The lowest BCUT2D eigenvalue weighted by Gasteiger charge is -2.32. The van der Waals surface area contributed by atoms with Crippen molar-refractivity contribution in [2.45, 2.75) is 0 Å². The Morgan fingerprint density at radius 3 is 2.44 bits per heavy atom. The summed E-state index contributed by atoms with van der Waals surface area (Å²) >= 11 is 11.5. The lowest BCUT2D eigenvalue weighted by molar-refractivity contribution is 0.0659. The summed E-state index contributed by atoms with van der Waals surface area (Å²) in [6.45, 7) is 2.72. The van der Waals surface area contributed by atoms with Gasteiger partial charge in [0.05, 0.1) is 10.6 Å². The summed E-state index contributed by atoms with van der Waals surface area (Å²) < 4.78 is 13.8. The molecule has 1 aliphatic heterocycles. The normalized spacial score (nSPS) is 17.0. The monoisotopic (exact) mass is 290 g/mol. The first-order chi connectivity index (χ1) is 8.49. The first kappa shape index (κ1) is 13.6. The van der Waals surface area contributed by atoms with Gasteiger partial charge in [-0.2, -0.15) is 0 Å². The molecule has 18 heavy (non-hydrogen) atoms. The smallest absolute Gasteiger partial charge is 0.257 e. The minimum Gasteiger partial charge on any atom is -0.336 e. The van der Waals surface area contributed by atoms with E-state index in [1.54, 1.807) is 4.90 Å². The minimum atomic E-state index is -0.704. The number of hydrogen-bond donors (Lipinski definition) is 0. The maximum Gasteiger partial charge on any atom is 0.257 e. The van der Waals surface area contributed by atoms with Crippen LogP contribution in [0.2, 0.25) is 10.0 Å². The fourth-order valence-electron chi connectivity index (χ4n) is 1.89. The maximum atomic E-state index is 13.8. The quantitative estimate of drug-likeness (QED) is 0.742. The lowest BCUT2D eigenvalue weighted by Crippen LogP contribution is -2.47. The molecule has 0 atom stereocenters. The topological polar surface area (TPSA) is 23.6 Å². The van der Waals surface area contributed by atoms with Gasteiger partial charge in [0.15, 0.2) is 5.82 Å². The number of amides is 1. The summed E-state index contributed by atoms with van der Waals surface area (Å²) in [7, 11) is 1.98. The third-order valence-corrected chi connectivity index (χ3v) is 3.51. The molecule has 2 rings (SSSR count). The molecule has 0 radical (unpaired) electrons. The molecular formula is C12H13Cl2FN2O. The molecule has 1 fully saturated rings. The van der Waals surface area contributed by atoms with Gasteiger partial charge in [0.25, 0.3) is 5.91 Å². The Morgan fingerprint density at radius 2 is 1.83 bits per heavy atom. The van der Waals surface area contributed by atoms with E-state index in [2.05, 4.69) is 4.90 Å². The van der Waals surface area contributed by atoms with Crippen LogP contribution < -0.4 is 0 Å². The number of benzene rings is 1. The van der Waals surface area contributed by atoms with Crippen LogP contribution in [0.25, 0.3) is 0 Å². The number of piperazine rings is 1. The zero-order chi connectivity index (χ0) is 13.3. The van der Waals surface area contributed by atoms with Crippen LogP contribution in [0.5, 0.6) is 0 Å². The van der Waals surface area contributed by atoms with Crippen molar-refractivity contribution in [2.24, 2.45) is 0 Å². The van der Waals surface area contributed by atoms with Crippen molar-refractivity contribution in [2.75, 3.05) is 33.2 Å². The summed E-state index contributed by atoms with van der Waals surface area (Å²) in [6, 6.07) is 2.61. The second-order valence-electron chi connectivity index (χ2n) is 4.34. The molecule has 0 bridgehead atoms. The number of carbonyl (C=O) groups excluding carboxylic acids is 1. The molecule has 0 aromatic heterocycles. The number of halogens is 3. The van der Waals surface area contributed by atoms with Crippen molar-refractivity contribution in [1.29, 1.82) is 0 Å². The molecule has 1 aromatic rings. The predicted octanol–water partition coefficient (Wildman–Crippen LogP) is 2.52. The molecule has 1 aliphatic rings. The van der Waals surface area contributed by atoms with Gasteiger partial charge in [-0.15, -0.1) is 0 Å². The standard InChI is InChI=1S/C12H13Cl2FN2O/c1-16-2-4-17(5-3-16)12(18)9-6-8(13)7-10(14)11(9)15/h6-7H,2-5H2,1H3. The van der Waals surface area contributed by atoms with Crippen molar-refractivity contribution in [1.82, 2.24) is 9.80 Å². The van der Waals surface area contributed by atoms with Crippen LogP contribution in [0, 0.1) is 5.82 Å². The van der Waals surface area contributed by atoms with Crippen LogP contribution in [0.4, 0.5) is 4.39 Å². The van der Waals surface area contributed by atoms with E-state index in [1.807, 2.05) is 7.05 Å². The van der Waals surface area contributed by atoms with Crippen LogP contribution >= 0.6 is 23.2 Å². The summed E-state index contributed by atoms with van der Waals surface area (Å²) in [5.74, 6) is -1.06. The SMILES string of the molecule is CN1CCN(C(=O)c2cc(Cl)cc(Cl)c2F)CC1. The Kier molecular flexibility index (Phi) is 4.10. The molecule has 1 amide bonds. The predicted molar refractivity (Wildman–Crippen MR) is 69.8 cm³/mol. The summed E-state index contributed by atoms with van der Waals surface area (Å²) in [6.07, 6.45) is 0. The van der Waals surface area contributed by atoms with E-state index in [1.165, 1.54) is 12.1 Å². The van der Waals surface area contributed by atoms with Gasteiger partial charge in [0, 0.05) is 31.2 Å². The van der Waals surface area contributed by atoms with Crippen LogP contribution in [0.15, 0.2) is 12.1 Å². The Balaban J connectivity index is 2.23. The Bertz CT molecular complexity index is 473. The van der Waals surface area contributed by atoms with Crippen LogP contribution in [0.3, 0.4) is 0 Å². The van der Waals surface area contributed by atoms with Gasteiger partial charge in [-0.3, -0.25) is 4.79 Å². The summed E-state index contributed by atoms with van der Waals surface area (Å²) in [5.41, 5.74) is -0.0583. The second-order valence-corrected chi connectivity index (χ2v) is 5.19. The highest BCUT2D eigenvalue weighted by Gasteiger charge is 2.24. The third kappa shape index (κ3) is 2.76. The van der Waals surface area contributed by atoms with E-state index in [0.29, 0.717) is 13.1 Å². The molecule has 1 heterocycles. The van der Waals surface area contributed by atoms with Gasteiger partial charge < -0.3 is 9.80 Å². The first-order valence-electron chi connectivity index (χ1n) is 5.61. The molecule has 0 spiro atoms. The average Bonchev–Trinajstić information content (AvgIpc) is 2.34. The molecule has 1 saturated heterocycles. The summed E-state index contributed by atoms with van der Waals surface area (Å²) in [5, 5.41) is 0.138. The maximum absolute atomic E-state index is 13.8. The Hall–Kier alpha value is -0.840. The van der Waals surface area contributed by atoms with E-state index in [0.717, 1.165) is 13.1 Å². The van der Waals surface area contributed by atoms with Crippen LogP contribution in [0.1, 0.15) is 10.4 Å². The van der Waals surface area contributed by atoms with Gasteiger partial charge in [0.2, 0.25) is 0 Å². The molecule has 0 N–H and O–H groups in total. The van der Waals surface area contributed by atoms with E-state index < -0.39 is 5.82 Å². The molecular weight excluding hydrogens is 278 g/mol. The molecule has 0 saturated carbocycles. The number of likely N-dealkylation sites (N-methyl/N-ethyl adjacent to an activating group) is 1. The third-order valence-electron chi connectivity index (χ3n) is 3.01. The van der Waals surface area contributed by atoms with Gasteiger partial charge >= 0.3 is 0 Å². The van der Waals surface area contributed by atoms with Gasteiger partial charge in [0.1, 0.15) is 0 Å². The van der Waals surface area contributed by atoms with E-state index in [9.17, 15) is 9.18 Å². The Labute approximate surface area is 115 Å². The molecule has 98 valence electrons. The Morgan fingerprint density at radius 1 is 1.22 bits per heavy atom. The van der Waals surface area contributed by atoms with Crippen LogP contribution in [-0.4, -0.2) is 48.9 Å². The molecule has 0 aliphatic carbocycles. The van der Waals surface area contributed by atoms with Crippen molar-refractivity contribution < 1.29 is 9.18 Å². The molecule has 6 heteroatoms. The second kappa shape index (κ2) is 5.43. The summed E-state index contributed by atoms with van der Waals surface area (Å²) in [4.78, 5) is 15.9.